The quantitative estimate of drug-likeness (QED) is 0.738. The Balaban J connectivity index is 2.00. The first-order valence-corrected chi connectivity index (χ1v) is 6.41. The Labute approximate surface area is 110 Å². The van der Waals surface area contributed by atoms with Crippen LogP contribution in [0.5, 0.6) is 0 Å². The van der Waals surface area contributed by atoms with Crippen LogP contribution in [-0.4, -0.2) is 15.3 Å². The van der Waals surface area contributed by atoms with E-state index in [1.165, 1.54) is 0 Å². The van der Waals surface area contributed by atoms with E-state index in [2.05, 4.69) is 9.55 Å². The summed E-state index contributed by atoms with van der Waals surface area (Å²) in [6.45, 7) is 0. The van der Waals surface area contributed by atoms with E-state index < -0.39 is 0 Å². The van der Waals surface area contributed by atoms with Crippen LogP contribution < -0.4 is 0 Å². The Morgan fingerprint density at radius 3 is 3.06 bits per heavy atom. The normalized spacial score (nSPS) is 19.4. The maximum atomic E-state index is 12.1. The van der Waals surface area contributed by atoms with E-state index in [-0.39, 0.29) is 11.8 Å². The van der Waals surface area contributed by atoms with Crippen LogP contribution in [0, 0.1) is 0 Å². The Morgan fingerprint density at radius 2 is 2.28 bits per heavy atom. The zero-order valence-electron chi connectivity index (χ0n) is 9.84. The van der Waals surface area contributed by atoms with Crippen LogP contribution in [0.3, 0.4) is 0 Å². The minimum absolute atomic E-state index is 0.212. The second-order valence-corrected chi connectivity index (χ2v) is 5.07. The lowest BCUT2D eigenvalue weighted by Gasteiger charge is -2.15. The molecule has 0 saturated carbocycles. The first kappa shape index (κ1) is 11.5. The molecular weight excluding hydrogens is 248 g/mol. The van der Waals surface area contributed by atoms with Gasteiger partial charge in [-0.05, 0) is 36.6 Å². The van der Waals surface area contributed by atoms with Crippen molar-refractivity contribution in [3.63, 3.8) is 0 Å². The van der Waals surface area contributed by atoms with Crippen molar-refractivity contribution < 1.29 is 4.79 Å². The smallest absolute Gasteiger partial charge is 0.163 e. The molecule has 2 aromatic rings. The number of Topliss-reactive ketones (excluding diaryl/α,β-unsaturated/α-hetero) is 1. The predicted molar refractivity (Wildman–Crippen MR) is 70.0 cm³/mol. The van der Waals surface area contributed by atoms with Gasteiger partial charge in [-0.25, -0.2) is 4.98 Å². The van der Waals surface area contributed by atoms with Gasteiger partial charge in [0.15, 0.2) is 5.78 Å². The van der Waals surface area contributed by atoms with Crippen molar-refractivity contribution in [1.82, 2.24) is 9.55 Å². The van der Waals surface area contributed by atoms with Crippen LogP contribution in [0.15, 0.2) is 36.9 Å². The number of benzene rings is 1. The Hall–Kier alpha value is -1.61. The van der Waals surface area contributed by atoms with Gasteiger partial charge in [0.1, 0.15) is 0 Å². The van der Waals surface area contributed by atoms with Crippen molar-refractivity contribution >= 4 is 17.4 Å². The first-order chi connectivity index (χ1) is 8.74. The molecule has 1 aromatic carbocycles. The minimum atomic E-state index is 0.212. The van der Waals surface area contributed by atoms with Crippen LogP contribution in [0.4, 0.5) is 0 Å². The van der Waals surface area contributed by atoms with Crippen LogP contribution in [0.2, 0.25) is 5.02 Å². The summed E-state index contributed by atoms with van der Waals surface area (Å²) in [5, 5.41) is 0.688. The third kappa shape index (κ3) is 2.06. The fraction of sp³-hybridized carbons (Fsp3) is 0.286. The molecule has 3 nitrogen and oxygen atoms in total. The van der Waals surface area contributed by atoms with Crippen LogP contribution in [0.25, 0.3) is 0 Å². The highest BCUT2D eigenvalue weighted by Crippen LogP contribution is 2.29. The molecule has 18 heavy (non-hydrogen) atoms. The molecule has 1 atom stereocenters. The summed E-state index contributed by atoms with van der Waals surface area (Å²) < 4.78 is 2.07. The number of aromatic nitrogens is 2. The van der Waals surface area contributed by atoms with Gasteiger partial charge in [0.25, 0.3) is 0 Å². The topological polar surface area (TPSA) is 34.9 Å². The number of hydrogen-bond donors (Lipinski definition) is 0. The average Bonchev–Trinajstić information content (AvgIpc) is 2.83. The van der Waals surface area contributed by atoms with Gasteiger partial charge in [0, 0.05) is 35.4 Å². The molecule has 0 aliphatic heterocycles. The first-order valence-electron chi connectivity index (χ1n) is 6.03. The summed E-state index contributed by atoms with van der Waals surface area (Å²) in [7, 11) is 0. The number of hydrogen-bond acceptors (Lipinski definition) is 2. The van der Waals surface area contributed by atoms with Crippen molar-refractivity contribution in [3.8, 4) is 0 Å². The Morgan fingerprint density at radius 1 is 1.39 bits per heavy atom. The van der Waals surface area contributed by atoms with Crippen LogP contribution in [0.1, 0.15) is 34.8 Å². The number of carbonyl (C=O) groups is 1. The second kappa shape index (κ2) is 4.58. The van der Waals surface area contributed by atoms with E-state index in [1.54, 1.807) is 12.3 Å². The maximum Gasteiger partial charge on any atom is 0.163 e. The molecule has 0 N–H and O–H groups in total. The summed E-state index contributed by atoms with van der Waals surface area (Å²) in [6.07, 6.45) is 7.79. The molecule has 1 aromatic heterocycles. The number of halogens is 1. The molecule has 0 radical (unpaired) electrons. The maximum absolute atomic E-state index is 12.1. The second-order valence-electron chi connectivity index (χ2n) is 4.63. The minimum Gasteiger partial charge on any atom is -0.334 e. The van der Waals surface area contributed by atoms with E-state index in [0.29, 0.717) is 11.4 Å². The molecule has 0 spiro atoms. The predicted octanol–water partition coefficient (Wildman–Crippen LogP) is 3.30. The monoisotopic (exact) mass is 260 g/mol. The summed E-state index contributed by atoms with van der Waals surface area (Å²) in [6, 6.07) is 5.83. The number of carbonyl (C=O) groups excluding carboxylic acids is 1. The third-order valence-corrected chi connectivity index (χ3v) is 3.71. The lowest BCUT2D eigenvalue weighted by molar-refractivity contribution is 0.0978. The van der Waals surface area contributed by atoms with Crippen LogP contribution in [-0.2, 0) is 6.42 Å². The molecule has 0 bridgehead atoms. The summed E-state index contributed by atoms with van der Waals surface area (Å²) in [4.78, 5) is 16.1. The molecule has 0 saturated heterocycles. The van der Waals surface area contributed by atoms with Crippen molar-refractivity contribution in [3.05, 3.63) is 53.1 Å². The van der Waals surface area contributed by atoms with Gasteiger partial charge in [-0.15, -0.1) is 0 Å². The number of ketones is 1. The number of fused-ring (bicyclic) bond motifs is 1. The van der Waals surface area contributed by atoms with Crippen molar-refractivity contribution in [2.75, 3.05) is 0 Å². The van der Waals surface area contributed by atoms with Crippen molar-refractivity contribution in [2.45, 2.75) is 25.3 Å². The average molecular weight is 261 g/mol. The van der Waals surface area contributed by atoms with E-state index >= 15 is 0 Å². The summed E-state index contributed by atoms with van der Waals surface area (Å²) in [5.41, 5.74) is 1.87. The van der Waals surface area contributed by atoms with Gasteiger partial charge in [-0.1, -0.05) is 11.6 Å². The Bertz CT molecular complexity index is 577. The molecule has 0 amide bonds. The molecule has 1 heterocycles. The number of imidazole rings is 1. The SMILES string of the molecule is O=C1CCC(n2ccnc2)Cc2cc(Cl)ccc21. The van der Waals surface area contributed by atoms with Gasteiger partial charge in [0.05, 0.1) is 6.33 Å². The molecule has 1 unspecified atom stereocenters. The summed E-state index contributed by atoms with van der Waals surface area (Å²) in [5.74, 6) is 0.212. The van der Waals surface area contributed by atoms with Gasteiger partial charge in [0.2, 0.25) is 0 Å². The van der Waals surface area contributed by atoms with Gasteiger partial charge < -0.3 is 4.57 Å². The van der Waals surface area contributed by atoms with E-state index in [0.717, 1.165) is 24.0 Å². The van der Waals surface area contributed by atoms with Crippen LogP contribution >= 0.6 is 11.6 Å². The van der Waals surface area contributed by atoms with Gasteiger partial charge in [-0.3, -0.25) is 4.79 Å². The number of rotatable bonds is 1. The van der Waals surface area contributed by atoms with E-state index in [9.17, 15) is 4.79 Å². The van der Waals surface area contributed by atoms with Crippen molar-refractivity contribution in [1.29, 1.82) is 0 Å². The molecule has 3 rings (SSSR count). The fourth-order valence-corrected chi connectivity index (χ4v) is 2.73. The highest BCUT2D eigenvalue weighted by Gasteiger charge is 2.22. The zero-order chi connectivity index (χ0) is 12.5. The summed E-state index contributed by atoms with van der Waals surface area (Å²) >= 11 is 6.02. The third-order valence-electron chi connectivity index (χ3n) is 3.47. The van der Waals surface area contributed by atoms with Gasteiger partial charge in [-0.2, -0.15) is 0 Å². The van der Waals surface area contributed by atoms with E-state index in [4.69, 9.17) is 11.6 Å². The molecule has 92 valence electrons. The molecular formula is C14H13ClN2O. The van der Waals surface area contributed by atoms with Gasteiger partial charge >= 0.3 is 0 Å². The standard InChI is InChI=1S/C14H13ClN2O/c15-11-1-3-13-10(7-11)8-12(2-4-14(13)18)17-6-5-16-9-17/h1,3,5-7,9,12H,2,4,8H2. The zero-order valence-corrected chi connectivity index (χ0v) is 10.6. The highest BCUT2D eigenvalue weighted by molar-refractivity contribution is 6.30. The van der Waals surface area contributed by atoms with Crippen molar-refractivity contribution in [2.24, 2.45) is 0 Å². The molecule has 1 aliphatic rings. The molecule has 4 heteroatoms. The molecule has 0 fully saturated rings. The molecule has 1 aliphatic carbocycles. The van der Waals surface area contributed by atoms with E-state index in [1.807, 2.05) is 24.7 Å². The Kier molecular flexibility index (Phi) is 2.92. The number of nitrogens with zero attached hydrogens (tertiary/aromatic N) is 2. The lowest BCUT2D eigenvalue weighted by atomic mass is 10.0. The lowest BCUT2D eigenvalue weighted by Crippen LogP contribution is -2.09. The largest absolute Gasteiger partial charge is 0.334 e. The fourth-order valence-electron chi connectivity index (χ4n) is 2.53. The highest BCUT2D eigenvalue weighted by atomic mass is 35.5.